The van der Waals surface area contributed by atoms with Gasteiger partial charge in [-0.2, -0.15) is 0 Å². The molecular formula is C16H21N3O. The number of nitrogens with one attached hydrogen (secondary N) is 1. The lowest BCUT2D eigenvalue weighted by Crippen LogP contribution is -2.20. The Morgan fingerprint density at radius 3 is 2.70 bits per heavy atom. The van der Waals surface area contributed by atoms with Crippen molar-refractivity contribution in [2.45, 2.75) is 19.9 Å². The molecule has 1 N–H and O–H groups in total. The summed E-state index contributed by atoms with van der Waals surface area (Å²) in [4.78, 5) is 9.12. The largest absolute Gasteiger partial charge is 0.383 e. The lowest BCUT2D eigenvalue weighted by molar-refractivity contribution is 0.199. The second-order valence-corrected chi connectivity index (χ2v) is 4.75. The van der Waals surface area contributed by atoms with Gasteiger partial charge in [-0.25, -0.2) is 9.97 Å². The number of hydrogen-bond donors (Lipinski definition) is 1. The van der Waals surface area contributed by atoms with E-state index >= 15 is 0 Å². The van der Waals surface area contributed by atoms with Gasteiger partial charge in [-0.05, 0) is 18.6 Å². The molecule has 20 heavy (non-hydrogen) atoms. The SMILES string of the molecule is COCCNCc1cc(C)nc(Cc2ccccc2)n1. The van der Waals surface area contributed by atoms with E-state index in [-0.39, 0.29) is 0 Å². The Labute approximate surface area is 120 Å². The average Bonchev–Trinajstić information content (AvgIpc) is 2.44. The Kier molecular flexibility index (Phi) is 5.65. The van der Waals surface area contributed by atoms with E-state index in [1.165, 1.54) is 5.56 Å². The van der Waals surface area contributed by atoms with Gasteiger partial charge in [0.25, 0.3) is 0 Å². The maximum atomic E-state index is 5.01. The van der Waals surface area contributed by atoms with Crippen LogP contribution in [0.5, 0.6) is 0 Å². The molecular weight excluding hydrogens is 250 g/mol. The van der Waals surface area contributed by atoms with Crippen molar-refractivity contribution in [3.05, 3.63) is 59.2 Å². The number of aryl methyl sites for hydroxylation is 1. The van der Waals surface area contributed by atoms with E-state index < -0.39 is 0 Å². The molecule has 2 rings (SSSR count). The van der Waals surface area contributed by atoms with E-state index in [4.69, 9.17) is 4.74 Å². The summed E-state index contributed by atoms with van der Waals surface area (Å²) in [5, 5.41) is 3.31. The molecule has 0 bridgehead atoms. The third kappa shape index (κ3) is 4.72. The van der Waals surface area contributed by atoms with E-state index in [1.807, 2.05) is 31.2 Å². The van der Waals surface area contributed by atoms with Gasteiger partial charge in [0.05, 0.1) is 12.3 Å². The Morgan fingerprint density at radius 2 is 1.95 bits per heavy atom. The van der Waals surface area contributed by atoms with Gasteiger partial charge >= 0.3 is 0 Å². The van der Waals surface area contributed by atoms with Crippen LogP contribution in [-0.2, 0) is 17.7 Å². The first-order valence-electron chi connectivity index (χ1n) is 6.85. The highest BCUT2D eigenvalue weighted by molar-refractivity contribution is 5.20. The summed E-state index contributed by atoms with van der Waals surface area (Å²) < 4.78 is 5.01. The minimum absolute atomic E-state index is 0.709. The van der Waals surface area contributed by atoms with Crippen molar-refractivity contribution in [2.75, 3.05) is 20.3 Å². The molecule has 2 aromatic rings. The topological polar surface area (TPSA) is 47.0 Å². The molecule has 0 aliphatic heterocycles. The van der Waals surface area contributed by atoms with Crippen LogP contribution in [0.4, 0.5) is 0 Å². The Balaban J connectivity index is 2.01. The predicted molar refractivity (Wildman–Crippen MR) is 79.6 cm³/mol. The van der Waals surface area contributed by atoms with Gasteiger partial charge in [-0.3, -0.25) is 0 Å². The zero-order valence-corrected chi connectivity index (χ0v) is 12.1. The standard InChI is InChI=1S/C16H21N3O/c1-13-10-15(12-17-8-9-20-2)19-16(18-13)11-14-6-4-3-5-7-14/h3-7,10,17H,8-9,11-12H2,1-2H3. The highest BCUT2D eigenvalue weighted by Gasteiger charge is 2.03. The fraction of sp³-hybridized carbons (Fsp3) is 0.375. The van der Waals surface area contributed by atoms with Gasteiger partial charge in [0.1, 0.15) is 5.82 Å². The van der Waals surface area contributed by atoms with Gasteiger partial charge in [0.15, 0.2) is 0 Å². The van der Waals surface area contributed by atoms with Gasteiger partial charge in [0, 0.05) is 32.3 Å². The minimum atomic E-state index is 0.709. The van der Waals surface area contributed by atoms with E-state index in [9.17, 15) is 0 Å². The molecule has 1 aromatic carbocycles. The van der Waals surface area contributed by atoms with Gasteiger partial charge < -0.3 is 10.1 Å². The maximum absolute atomic E-state index is 5.01. The molecule has 0 fully saturated rings. The molecule has 0 atom stereocenters. The summed E-state index contributed by atoms with van der Waals surface area (Å²) >= 11 is 0. The highest BCUT2D eigenvalue weighted by atomic mass is 16.5. The smallest absolute Gasteiger partial charge is 0.133 e. The number of rotatable bonds is 7. The van der Waals surface area contributed by atoms with Gasteiger partial charge in [0.2, 0.25) is 0 Å². The monoisotopic (exact) mass is 271 g/mol. The van der Waals surface area contributed by atoms with Crippen LogP contribution in [0.1, 0.15) is 22.8 Å². The first kappa shape index (κ1) is 14.6. The van der Waals surface area contributed by atoms with E-state index in [1.54, 1.807) is 7.11 Å². The molecule has 106 valence electrons. The van der Waals surface area contributed by atoms with Crippen molar-refractivity contribution >= 4 is 0 Å². The van der Waals surface area contributed by atoms with Crippen molar-refractivity contribution in [2.24, 2.45) is 0 Å². The summed E-state index contributed by atoms with van der Waals surface area (Å²) in [5.74, 6) is 0.875. The molecule has 0 aliphatic rings. The van der Waals surface area contributed by atoms with E-state index in [0.717, 1.165) is 36.7 Å². The zero-order chi connectivity index (χ0) is 14.2. The van der Waals surface area contributed by atoms with Crippen molar-refractivity contribution < 1.29 is 4.74 Å². The first-order chi connectivity index (χ1) is 9.78. The van der Waals surface area contributed by atoms with Crippen LogP contribution >= 0.6 is 0 Å². The minimum Gasteiger partial charge on any atom is -0.383 e. The number of nitrogens with zero attached hydrogens (tertiary/aromatic N) is 2. The maximum Gasteiger partial charge on any atom is 0.133 e. The Morgan fingerprint density at radius 1 is 1.15 bits per heavy atom. The van der Waals surface area contributed by atoms with Crippen LogP contribution in [0.3, 0.4) is 0 Å². The molecule has 0 spiro atoms. The summed E-state index contributed by atoms with van der Waals surface area (Å²) in [5.41, 5.74) is 3.27. The summed E-state index contributed by atoms with van der Waals surface area (Å²) in [7, 11) is 1.70. The van der Waals surface area contributed by atoms with Crippen LogP contribution in [0, 0.1) is 6.92 Å². The van der Waals surface area contributed by atoms with Crippen LogP contribution in [0.15, 0.2) is 36.4 Å². The summed E-state index contributed by atoms with van der Waals surface area (Å²) in [6, 6.07) is 12.3. The number of benzene rings is 1. The van der Waals surface area contributed by atoms with Crippen LogP contribution < -0.4 is 5.32 Å². The number of aromatic nitrogens is 2. The average molecular weight is 271 g/mol. The number of methoxy groups -OCH3 is 1. The third-order valence-electron chi connectivity index (χ3n) is 2.95. The third-order valence-corrected chi connectivity index (χ3v) is 2.95. The second-order valence-electron chi connectivity index (χ2n) is 4.75. The fourth-order valence-electron chi connectivity index (χ4n) is 2.04. The molecule has 0 aliphatic carbocycles. The Bertz CT molecular complexity index is 529. The van der Waals surface area contributed by atoms with Crippen molar-refractivity contribution in [1.29, 1.82) is 0 Å². The van der Waals surface area contributed by atoms with Crippen LogP contribution in [0.2, 0.25) is 0 Å². The molecule has 0 unspecified atom stereocenters. The molecule has 0 saturated heterocycles. The van der Waals surface area contributed by atoms with Crippen LogP contribution in [-0.4, -0.2) is 30.2 Å². The lowest BCUT2D eigenvalue weighted by atomic mass is 10.1. The molecule has 0 amide bonds. The number of hydrogen-bond acceptors (Lipinski definition) is 4. The van der Waals surface area contributed by atoms with Crippen LogP contribution in [0.25, 0.3) is 0 Å². The molecule has 4 heteroatoms. The molecule has 1 aromatic heterocycles. The fourth-order valence-corrected chi connectivity index (χ4v) is 2.04. The normalized spacial score (nSPS) is 10.7. The van der Waals surface area contributed by atoms with E-state index in [2.05, 4.69) is 27.4 Å². The summed E-state index contributed by atoms with van der Waals surface area (Å²) in [6.45, 7) is 4.29. The first-order valence-corrected chi connectivity index (χ1v) is 6.85. The molecule has 0 saturated carbocycles. The Hall–Kier alpha value is -1.78. The van der Waals surface area contributed by atoms with Crippen molar-refractivity contribution in [1.82, 2.24) is 15.3 Å². The predicted octanol–water partition coefficient (Wildman–Crippen LogP) is 2.11. The molecule has 4 nitrogen and oxygen atoms in total. The zero-order valence-electron chi connectivity index (χ0n) is 12.1. The van der Waals surface area contributed by atoms with E-state index in [0.29, 0.717) is 6.61 Å². The molecule has 1 heterocycles. The molecule has 0 radical (unpaired) electrons. The second kappa shape index (κ2) is 7.72. The quantitative estimate of drug-likeness (QED) is 0.784. The number of ether oxygens (including phenoxy) is 1. The van der Waals surface area contributed by atoms with Crippen molar-refractivity contribution in [3.63, 3.8) is 0 Å². The highest BCUT2D eigenvalue weighted by Crippen LogP contribution is 2.07. The summed E-state index contributed by atoms with van der Waals surface area (Å²) in [6.07, 6.45) is 0.771. The van der Waals surface area contributed by atoms with Crippen molar-refractivity contribution in [3.8, 4) is 0 Å². The van der Waals surface area contributed by atoms with Gasteiger partial charge in [-0.1, -0.05) is 30.3 Å². The van der Waals surface area contributed by atoms with Gasteiger partial charge in [-0.15, -0.1) is 0 Å². The lowest BCUT2D eigenvalue weighted by Gasteiger charge is -2.07.